The molecule has 0 radical (unpaired) electrons. The highest BCUT2D eigenvalue weighted by Crippen LogP contribution is 2.55. The van der Waals surface area contributed by atoms with Gasteiger partial charge < -0.3 is 14.9 Å². The minimum Gasteiger partial charge on any atom is -0.455 e. The normalized spacial score (nSPS) is 13.7. The Morgan fingerprint density at radius 2 is 1.91 bits per heavy atom. The van der Waals surface area contributed by atoms with Crippen molar-refractivity contribution in [3.05, 3.63) is 54.6 Å². The smallest absolute Gasteiger partial charge is 0.370 e. The number of nitrogens with zero attached hydrogens (tertiary/aromatic N) is 1. The van der Waals surface area contributed by atoms with Gasteiger partial charge in [-0.3, -0.25) is 4.57 Å². The molecular weight excluding hydrogens is 331 g/mol. The molecule has 1 unspecified atom stereocenters. The second-order valence-corrected chi connectivity index (χ2v) is 8.70. The van der Waals surface area contributed by atoms with E-state index in [9.17, 15) is 9.46 Å². The van der Waals surface area contributed by atoms with Crippen LogP contribution < -0.4 is 10.1 Å². The van der Waals surface area contributed by atoms with Crippen LogP contribution in [0.15, 0.2) is 59.4 Å². The number of nitrogens with one attached hydrogen (secondary N) is 1. The van der Waals surface area contributed by atoms with Crippen molar-refractivity contribution in [1.82, 2.24) is 0 Å². The van der Waals surface area contributed by atoms with Crippen molar-refractivity contribution < 1.29 is 14.2 Å². The Kier molecular flexibility index (Phi) is 6.71. The Morgan fingerprint density at radius 1 is 1.22 bits per heavy atom. The van der Waals surface area contributed by atoms with Crippen LogP contribution in [-0.2, 0) is 4.57 Å². The number of benzene rings is 2. The lowest BCUT2D eigenvalue weighted by atomic mass is 10.3. The lowest BCUT2D eigenvalue weighted by Crippen LogP contribution is -1.97. The van der Waals surface area contributed by atoms with E-state index >= 15 is 0 Å². The monoisotopic (exact) mass is 350 g/mol. The van der Waals surface area contributed by atoms with Gasteiger partial charge in [0.05, 0.1) is 12.0 Å². The van der Waals surface area contributed by atoms with Crippen molar-refractivity contribution in [2.45, 2.75) is 13.3 Å². The summed E-state index contributed by atoms with van der Waals surface area (Å²) in [5, 5.41) is 2.90. The van der Waals surface area contributed by atoms with Crippen LogP contribution >= 0.6 is 18.1 Å². The first kappa shape index (κ1) is 17.6. The predicted octanol–water partition coefficient (Wildman–Crippen LogP) is 5.16. The predicted molar refractivity (Wildman–Crippen MR) is 97.6 cm³/mol. The zero-order valence-corrected chi connectivity index (χ0v) is 14.5. The molecule has 0 amide bonds. The third kappa shape index (κ3) is 6.10. The third-order valence-electron chi connectivity index (χ3n) is 2.75. The maximum absolute atomic E-state index is 11.8. The third-order valence-corrected chi connectivity index (χ3v) is 5.92. The molecule has 0 fully saturated rings. The molecular formula is C16H19N2O3PS. The highest BCUT2D eigenvalue weighted by atomic mass is 32.7. The minimum absolute atomic E-state index is 0.596. The van der Waals surface area contributed by atoms with Gasteiger partial charge in [0.25, 0.3) is 0 Å². The van der Waals surface area contributed by atoms with Crippen LogP contribution in [0, 0.1) is 0 Å². The van der Waals surface area contributed by atoms with E-state index in [4.69, 9.17) is 4.74 Å². The van der Waals surface area contributed by atoms with Gasteiger partial charge in [0.1, 0.15) is 5.75 Å². The fourth-order valence-corrected chi connectivity index (χ4v) is 4.00. The molecule has 0 saturated heterocycles. The van der Waals surface area contributed by atoms with Crippen LogP contribution in [0.2, 0.25) is 0 Å². The second-order valence-electron chi connectivity index (χ2n) is 4.62. The standard InChI is InChI=1S/C16H19N2O3PS/c1-2-12-23-22(19,20)18-13-17-15-10-6-7-11-16(15)21-14-8-4-3-5-9-14/h3-11,13H,2,12H2,1H3,(H2,17,18,19,20). The SMILES string of the molecule is CCCSP(=O)(O)/N=C/Nc1ccccc1Oc1ccccc1. The summed E-state index contributed by atoms with van der Waals surface area (Å²) in [5.41, 5.74) is 0.667. The molecule has 0 aliphatic heterocycles. The summed E-state index contributed by atoms with van der Waals surface area (Å²) in [4.78, 5) is 9.68. The largest absolute Gasteiger partial charge is 0.455 e. The zero-order chi connectivity index (χ0) is 16.5. The summed E-state index contributed by atoms with van der Waals surface area (Å²) in [6.45, 7) is -1.59. The number of ether oxygens (including phenoxy) is 1. The highest BCUT2D eigenvalue weighted by molar-refractivity contribution is 8.55. The van der Waals surface area contributed by atoms with Crippen LogP contribution in [0.25, 0.3) is 0 Å². The Hall–Kier alpha value is -1.75. The maximum atomic E-state index is 11.8. The van der Waals surface area contributed by atoms with Crippen LogP contribution in [0.1, 0.15) is 13.3 Å². The summed E-state index contributed by atoms with van der Waals surface area (Å²) in [5.74, 6) is 1.92. The molecule has 0 spiro atoms. The highest BCUT2D eigenvalue weighted by Gasteiger charge is 2.15. The lowest BCUT2D eigenvalue weighted by Gasteiger charge is -2.10. The summed E-state index contributed by atoms with van der Waals surface area (Å²) < 4.78 is 21.3. The first-order valence-electron chi connectivity index (χ1n) is 7.20. The molecule has 2 N–H and O–H groups in total. The van der Waals surface area contributed by atoms with E-state index < -0.39 is 6.72 Å². The summed E-state index contributed by atoms with van der Waals surface area (Å²) in [6.07, 6.45) is 2.07. The molecule has 0 bridgehead atoms. The minimum atomic E-state index is -3.54. The van der Waals surface area contributed by atoms with Gasteiger partial charge in [0.2, 0.25) is 0 Å². The molecule has 5 nitrogen and oxygen atoms in total. The van der Waals surface area contributed by atoms with Crippen LogP contribution in [0.3, 0.4) is 0 Å². The molecule has 2 rings (SSSR count). The van der Waals surface area contributed by atoms with Crippen molar-refractivity contribution >= 4 is 30.1 Å². The molecule has 1 atom stereocenters. The Balaban J connectivity index is 2.05. The van der Waals surface area contributed by atoms with Gasteiger partial charge in [-0.1, -0.05) is 37.3 Å². The van der Waals surface area contributed by atoms with Crippen molar-refractivity contribution in [2.75, 3.05) is 11.1 Å². The van der Waals surface area contributed by atoms with Gasteiger partial charge in [0.15, 0.2) is 5.75 Å². The zero-order valence-electron chi connectivity index (χ0n) is 12.8. The molecule has 2 aromatic rings. The van der Waals surface area contributed by atoms with Gasteiger partial charge in [-0.25, -0.2) is 0 Å². The average Bonchev–Trinajstić information content (AvgIpc) is 2.55. The molecule has 23 heavy (non-hydrogen) atoms. The maximum Gasteiger partial charge on any atom is 0.370 e. The van der Waals surface area contributed by atoms with E-state index in [2.05, 4.69) is 10.1 Å². The molecule has 0 saturated carbocycles. The van der Waals surface area contributed by atoms with Gasteiger partial charge in [-0.05, 0) is 42.1 Å². The fourth-order valence-electron chi connectivity index (χ4n) is 1.71. The van der Waals surface area contributed by atoms with E-state index in [1.807, 2.05) is 61.5 Å². The van der Waals surface area contributed by atoms with E-state index in [0.717, 1.165) is 17.8 Å². The van der Waals surface area contributed by atoms with Crippen molar-refractivity contribution in [3.63, 3.8) is 0 Å². The van der Waals surface area contributed by atoms with Gasteiger partial charge in [-0.15, -0.1) is 0 Å². The Bertz CT molecular complexity index is 695. The Labute approximate surface area is 140 Å². The van der Waals surface area contributed by atoms with E-state index in [-0.39, 0.29) is 0 Å². The van der Waals surface area contributed by atoms with Crippen LogP contribution in [0.5, 0.6) is 11.5 Å². The van der Waals surface area contributed by atoms with Crippen LogP contribution in [-0.4, -0.2) is 17.0 Å². The summed E-state index contributed by atoms with van der Waals surface area (Å²) >= 11 is 0.963. The van der Waals surface area contributed by atoms with Gasteiger partial charge >= 0.3 is 6.72 Å². The molecule has 0 aliphatic carbocycles. The second kappa shape index (κ2) is 8.77. The van der Waals surface area contributed by atoms with Crippen molar-refractivity contribution in [1.29, 1.82) is 0 Å². The quantitative estimate of drug-likeness (QED) is 0.391. The van der Waals surface area contributed by atoms with Gasteiger partial charge in [0, 0.05) is 5.75 Å². The van der Waals surface area contributed by atoms with E-state index in [0.29, 0.717) is 22.9 Å². The molecule has 0 aromatic heterocycles. The number of anilines is 1. The first-order chi connectivity index (χ1) is 11.1. The van der Waals surface area contributed by atoms with E-state index in [1.165, 1.54) is 6.34 Å². The molecule has 122 valence electrons. The first-order valence-corrected chi connectivity index (χ1v) is 10.4. The topological polar surface area (TPSA) is 70.9 Å². The van der Waals surface area contributed by atoms with E-state index in [1.54, 1.807) is 0 Å². The molecule has 2 aromatic carbocycles. The van der Waals surface area contributed by atoms with Crippen molar-refractivity contribution in [3.8, 4) is 11.5 Å². The van der Waals surface area contributed by atoms with Crippen LogP contribution in [0.4, 0.5) is 5.69 Å². The summed E-state index contributed by atoms with van der Waals surface area (Å²) in [7, 11) is 0. The van der Waals surface area contributed by atoms with Gasteiger partial charge in [-0.2, -0.15) is 4.76 Å². The Morgan fingerprint density at radius 3 is 2.65 bits per heavy atom. The molecule has 7 heteroatoms. The molecule has 0 aliphatic rings. The summed E-state index contributed by atoms with van der Waals surface area (Å²) in [6, 6.07) is 16.7. The lowest BCUT2D eigenvalue weighted by molar-refractivity contribution is 0.485. The average molecular weight is 350 g/mol. The number of hydrogen-bond donors (Lipinski definition) is 2. The molecule has 0 heterocycles. The number of rotatable bonds is 8. The number of hydrogen-bond acceptors (Lipinski definition) is 3. The fraction of sp³-hybridized carbons (Fsp3) is 0.188. The van der Waals surface area contributed by atoms with Crippen molar-refractivity contribution in [2.24, 2.45) is 4.76 Å². The number of para-hydroxylation sites is 3.